The molecule has 7 nitrogen and oxygen atoms in total. The summed E-state index contributed by atoms with van der Waals surface area (Å²) in [6.45, 7) is 6.99. The lowest BCUT2D eigenvalue weighted by Crippen LogP contribution is -2.41. The smallest absolute Gasteiger partial charge is 0.407 e. The molecule has 1 saturated heterocycles. The average Bonchev–Trinajstić information content (AvgIpc) is 2.64. The Bertz CT molecular complexity index is 662. The number of anilines is 1. The monoisotopic (exact) mass is 389 g/mol. The number of benzene rings is 1. The molecule has 1 aromatic carbocycles. The summed E-state index contributed by atoms with van der Waals surface area (Å²) in [5.74, 6) is 0.00542. The maximum absolute atomic E-state index is 12.4. The number of ether oxygens (including phenoxy) is 1. The first-order valence-corrected chi connectivity index (χ1v) is 9.85. The van der Waals surface area contributed by atoms with E-state index in [-0.39, 0.29) is 17.7 Å². The molecule has 2 N–H and O–H groups in total. The summed E-state index contributed by atoms with van der Waals surface area (Å²) in [5.41, 5.74) is 0.264. The van der Waals surface area contributed by atoms with E-state index in [9.17, 15) is 14.4 Å². The molecule has 28 heavy (non-hydrogen) atoms. The Morgan fingerprint density at radius 2 is 1.75 bits per heavy atom. The number of nitrogens with one attached hydrogen (secondary N) is 2. The molecule has 3 amide bonds. The standard InChI is InChI=1S/C21H31N3O4/c1-21(2,3)28-20(27)22-13-7-10-18(25)24-14-11-16(12-15-24)19(26)23-17-8-5-4-6-9-17/h4-6,8-9,16H,7,10-15H2,1-3H3,(H,22,27)(H,23,26). The molecule has 0 radical (unpaired) electrons. The van der Waals surface area contributed by atoms with Crippen LogP contribution in [0, 0.1) is 5.92 Å². The van der Waals surface area contributed by atoms with Gasteiger partial charge in [0.15, 0.2) is 0 Å². The van der Waals surface area contributed by atoms with Gasteiger partial charge in [0, 0.05) is 37.7 Å². The predicted octanol–water partition coefficient (Wildman–Crippen LogP) is 3.17. The lowest BCUT2D eigenvalue weighted by molar-refractivity contribution is -0.134. The van der Waals surface area contributed by atoms with E-state index >= 15 is 0 Å². The highest BCUT2D eigenvalue weighted by molar-refractivity contribution is 5.92. The third-order valence-electron chi connectivity index (χ3n) is 4.50. The van der Waals surface area contributed by atoms with Crippen LogP contribution in [-0.4, -0.2) is 48.0 Å². The lowest BCUT2D eigenvalue weighted by atomic mass is 9.95. The molecule has 0 saturated carbocycles. The number of carbonyl (C=O) groups is 3. The Balaban J connectivity index is 1.63. The van der Waals surface area contributed by atoms with Gasteiger partial charge in [-0.3, -0.25) is 9.59 Å². The Hall–Kier alpha value is -2.57. The third kappa shape index (κ3) is 7.58. The zero-order valence-electron chi connectivity index (χ0n) is 17.0. The highest BCUT2D eigenvalue weighted by Crippen LogP contribution is 2.20. The molecule has 7 heteroatoms. The molecule has 1 fully saturated rings. The van der Waals surface area contributed by atoms with E-state index in [0.717, 1.165) is 5.69 Å². The number of piperidine rings is 1. The van der Waals surface area contributed by atoms with E-state index in [1.807, 2.05) is 30.3 Å². The zero-order chi connectivity index (χ0) is 20.6. The summed E-state index contributed by atoms with van der Waals surface area (Å²) in [6.07, 6.45) is 1.80. The fourth-order valence-corrected chi connectivity index (χ4v) is 3.06. The quantitative estimate of drug-likeness (QED) is 0.732. The van der Waals surface area contributed by atoms with Gasteiger partial charge < -0.3 is 20.3 Å². The topological polar surface area (TPSA) is 87.7 Å². The van der Waals surface area contributed by atoms with Crippen LogP contribution in [0.1, 0.15) is 46.5 Å². The molecule has 0 spiro atoms. The van der Waals surface area contributed by atoms with Crippen LogP contribution in [0.3, 0.4) is 0 Å². The van der Waals surface area contributed by atoms with Gasteiger partial charge >= 0.3 is 6.09 Å². The SMILES string of the molecule is CC(C)(C)OC(=O)NCCCC(=O)N1CCC(C(=O)Nc2ccccc2)CC1. The van der Waals surface area contributed by atoms with Gasteiger partial charge in [-0.1, -0.05) is 18.2 Å². The van der Waals surface area contributed by atoms with Crippen LogP contribution in [0.25, 0.3) is 0 Å². The van der Waals surface area contributed by atoms with E-state index in [1.165, 1.54) is 0 Å². The van der Waals surface area contributed by atoms with Crippen molar-refractivity contribution in [3.63, 3.8) is 0 Å². The second-order valence-corrected chi connectivity index (χ2v) is 8.04. The molecule has 0 unspecified atom stereocenters. The number of hydrogen-bond donors (Lipinski definition) is 2. The lowest BCUT2D eigenvalue weighted by Gasteiger charge is -2.31. The van der Waals surface area contributed by atoms with Crippen molar-refractivity contribution in [3.8, 4) is 0 Å². The number of carbonyl (C=O) groups excluding carboxylic acids is 3. The van der Waals surface area contributed by atoms with Gasteiger partial charge in [0.1, 0.15) is 5.60 Å². The summed E-state index contributed by atoms with van der Waals surface area (Å²) in [4.78, 5) is 38.0. The van der Waals surface area contributed by atoms with Crippen molar-refractivity contribution in [2.45, 2.75) is 52.1 Å². The number of amides is 3. The van der Waals surface area contributed by atoms with Crippen LogP contribution in [0.2, 0.25) is 0 Å². The summed E-state index contributed by atoms with van der Waals surface area (Å²) in [5, 5.41) is 5.59. The number of rotatable bonds is 6. The Morgan fingerprint density at radius 1 is 1.11 bits per heavy atom. The van der Waals surface area contributed by atoms with E-state index in [2.05, 4.69) is 10.6 Å². The largest absolute Gasteiger partial charge is 0.444 e. The van der Waals surface area contributed by atoms with Gasteiger partial charge in [0.05, 0.1) is 0 Å². The minimum absolute atomic E-state index is 0.0138. The van der Waals surface area contributed by atoms with Crippen molar-refractivity contribution in [2.24, 2.45) is 5.92 Å². The van der Waals surface area contributed by atoms with Crippen LogP contribution in [0.5, 0.6) is 0 Å². The Labute approximate surface area is 166 Å². The van der Waals surface area contributed by atoms with Crippen LogP contribution >= 0.6 is 0 Å². The molecule has 0 aromatic heterocycles. The highest BCUT2D eigenvalue weighted by Gasteiger charge is 2.27. The first-order chi connectivity index (χ1) is 13.2. The van der Waals surface area contributed by atoms with E-state index in [1.54, 1.807) is 25.7 Å². The van der Waals surface area contributed by atoms with E-state index in [0.29, 0.717) is 45.3 Å². The minimum atomic E-state index is -0.531. The van der Waals surface area contributed by atoms with E-state index < -0.39 is 11.7 Å². The third-order valence-corrected chi connectivity index (χ3v) is 4.50. The molecule has 0 bridgehead atoms. The molecule has 0 aliphatic carbocycles. The molecule has 1 aliphatic heterocycles. The first-order valence-electron chi connectivity index (χ1n) is 9.85. The van der Waals surface area contributed by atoms with Gasteiger partial charge in [-0.2, -0.15) is 0 Å². The van der Waals surface area contributed by atoms with Crippen LogP contribution in [-0.2, 0) is 14.3 Å². The minimum Gasteiger partial charge on any atom is -0.444 e. The van der Waals surface area contributed by atoms with Gasteiger partial charge in [-0.05, 0) is 52.2 Å². The maximum Gasteiger partial charge on any atom is 0.407 e. The van der Waals surface area contributed by atoms with Crippen molar-refractivity contribution in [1.29, 1.82) is 0 Å². The fraction of sp³-hybridized carbons (Fsp3) is 0.571. The highest BCUT2D eigenvalue weighted by atomic mass is 16.6. The number of para-hydroxylation sites is 1. The van der Waals surface area contributed by atoms with Crippen LogP contribution in [0.15, 0.2) is 30.3 Å². The fourth-order valence-electron chi connectivity index (χ4n) is 3.06. The predicted molar refractivity (Wildman–Crippen MR) is 108 cm³/mol. The van der Waals surface area contributed by atoms with Crippen molar-refractivity contribution >= 4 is 23.6 Å². The van der Waals surface area contributed by atoms with Crippen molar-refractivity contribution in [1.82, 2.24) is 10.2 Å². The van der Waals surface area contributed by atoms with Crippen LogP contribution in [0.4, 0.5) is 10.5 Å². The normalized spacial score (nSPS) is 15.0. The summed E-state index contributed by atoms with van der Waals surface area (Å²) in [7, 11) is 0. The summed E-state index contributed by atoms with van der Waals surface area (Å²) in [6, 6.07) is 9.40. The molecule has 1 aromatic rings. The molecule has 2 rings (SSSR count). The Morgan fingerprint density at radius 3 is 2.36 bits per heavy atom. The zero-order valence-corrected chi connectivity index (χ0v) is 17.0. The molecule has 1 heterocycles. The van der Waals surface area contributed by atoms with Gasteiger partial charge in [-0.25, -0.2) is 4.79 Å². The average molecular weight is 389 g/mol. The van der Waals surface area contributed by atoms with Gasteiger partial charge in [-0.15, -0.1) is 0 Å². The molecular formula is C21H31N3O4. The second-order valence-electron chi connectivity index (χ2n) is 8.04. The summed E-state index contributed by atoms with van der Waals surface area (Å²) >= 11 is 0. The molecule has 0 atom stereocenters. The number of likely N-dealkylation sites (tertiary alicyclic amines) is 1. The first kappa shape index (κ1) is 21.7. The Kier molecular flexibility index (Phi) is 7.84. The number of nitrogens with zero attached hydrogens (tertiary/aromatic N) is 1. The van der Waals surface area contributed by atoms with E-state index in [4.69, 9.17) is 4.74 Å². The van der Waals surface area contributed by atoms with Crippen molar-refractivity contribution in [3.05, 3.63) is 30.3 Å². The number of alkyl carbamates (subject to hydrolysis) is 1. The van der Waals surface area contributed by atoms with Crippen molar-refractivity contribution < 1.29 is 19.1 Å². The second kappa shape index (κ2) is 10.1. The maximum atomic E-state index is 12.4. The molecule has 1 aliphatic rings. The van der Waals surface area contributed by atoms with Crippen molar-refractivity contribution in [2.75, 3.05) is 25.0 Å². The number of hydrogen-bond acceptors (Lipinski definition) is 4. The molecule has 154 valence electrons. The summed E-state index contributed by atoms with van der Waals surface area (Å²) < 4.78 is 5.15. The molecular weight excluding hydrogens is 358 g/mol. The van der Waals surface area contributed by atoms with Crippen LogP contribution < -0.4 is 10.6 Å². The van der Waals surface area contributed by atoms with Gasteiger partial charge in [0.2, 0.25) is 11.8 Å². The van der Waals surface area contributed by atoms with Gasteiger partial charge in [0.25, 0.3) is 0 Å².